The Balaban J connectivity index is 2.79. The van der Waals surface area contributed by atoms with Gasteiger partial charge in [0.25, 0.3) is 5.91 Å². The maximum Gasteiger partial charge on any atom is 0.338 e. The zero-order chi connectivity index (χ0) is 18.3. The number of ether oxygens (including phenoxy) is 1. The van der Waals surface area contributed by atoms with Gasteiger partial charge in [0.2, 0.25) is 10.0 Å². The van der Waals surface area contributed by atoms with Crippen molar-refractivity contribution in [3.63, 3.8) is 0 Å². The molecule has 9 heteroatoms. The summed E-state index contributed by atoms with van der Waals surface area (Å²) in [7, 11) is -2.57. The highest BCUT2D eigenvalue weighted by atomic mass is 35.5. The molecule has 0 aromatic heterocycles. The van der Waals surface area contributed by atoms with Gasteiger partial charge in [-0.3, -0.25) is 4.79 Å². The van der Waals surface area contributed by atoms with E-state index in [0.717, 1.165) is 18.9 Å². The predicted octanol–water partition coefficient (Wildman–Crippen LogP) is 1.71. The number of sulfonamides is 1. The van der Waals surface area contributed by atoms with E-state index in [9.17, 15) is 18.0 Å². The molecule has 0 saturated heterocycles. The molecule has 1 rings (SSSR count). The number of benzene rings is 1. The van der Waals surface area contributed by atoms with E-state index >= 15 is 0 Å². The smallest absolute Gasteiger partial charge is 0.338 e. The van der Waals surface area contributed by atoms with Gasteiger partial charge in [-0.05, 0) is 38.1 Å². The van der Waals surface area contributed by atoms with Crippen molar-refractivity contribution in [3.8, 4) is 0 Å². The van der Waals surface area contributed by atoms with Crippen LogP contribution in [0.15, 0.2) is 23.1 Å². The molecule has 0 unspecified atom stereocenters. The van der Waals surface area contributed by atoms with E-state index in [1.807, 2.05) is 13.8 Å². The van der Waals surface area contributed by atoms with Crippen molar-refractivity contribution < 1.29 is 22.7 Å². The molecule has 0 spiro atoms. The van der Waals surface area contributed by atoms with Gasteiger partial charge in [-0.1, -0.05) is 25.4 Å². The third-order valence-corrected chi connectivity index (χ3v) is 5.31. The van der Waals surface area contributed by atoms with Gasteiger partial charge in [0.15, 0.2) is 6.61 Å². The summed E-state index contributed by atoms with van der Waals surface area (Å²) >= 11 is 5.85. The van der Waals surface area contributed by atoms with Crippen molar-refractivity contribution in [2.45, 2.75) is 37.6 Å². The molecule has 134 valence electrons. The van der Waals surface area contributed by atoms with Gasteiger partial charge >= 0.3 is 5.97 Å². The summed E-state index contributed by atoms with van der Waals surface area (Å²) in [6.45, 7) is 3.45. The summed E-state index contributed by atoms with van der Waals surface area (Å²) in [6.07, 6.45) is 1.55. The van der Waals surface area contributed by atoms with Crippen LogP contribution in [0.1, 0.15) is 37.0 Å². The highest BCUT2D eigenvalue weighted by molar-refractivity contribution is 7.89. The zero-order valence-electron chi connectivity index (χ0n) is 13.8. The van der Waals surface area contributed by atoms with Crippen LogP contribution in [0.2, 0.25) is 5.02 Å². The second-order valence-corrected chi connectivity index (χ2v) is 7.27. The van der Waals surface area contributed by atoms with Crippen LogP contribution in [0.5, 0.6) is 0 Å². The molecule has 1 aromatic carbocycles. The number of esters is 1. The lowest BCUT2D eigenvalue weighted by atomic mass is 10.2. The maximum atomic E-state index is 12.0. The molecular formula is C15H21ClN2O5S. The minimum atomic E-state index is -3.81. The Morgan fingerprint density at radius 1 is 1.25 bits per heavy atom. The Kier molecular flexibility index (Phi) is 7.65. The minimum absolute atomic E-state index is 0.0106. The van der Waals surface area contributed by atoms with Crippen LogP contribution >= 0.6 is 11.6 Å². The lowest BCUT2D eigenvalue weighted by molar-refractivity contribution is -0.125. The van der Waals surface area contributed by atoms with Crippen LogP contribution in [-0.4, -0.2) is 40.0 Å². The molecule has 7 nitrogen and oxygen atoms in total. The van der Waals surface area contributed by atoms with Crippen molar-refractivity contribution in [1.82, 2.24) is 10.0 Å². The number of hydrogen-bond acceptors (Lipinski definition) is 5. The van der Waals surface area contributed by atoms with Gasteiger partial charge < -0.3 is 10.1 Å². The Morgan fingerprint density at radius 2 is 1.88 bits per heavy atom. The largest absolute Gasteiger partial charge is 0.452 e. The van der Waals surface area contributed by atoms with Crippen molar-refractivity contribution in [2.24, 2.45) is 0 Å². The quantitative estimate of drug-likeness (QED) is 0.672. The Morgan fingerprint density at radius 3 is 2.42 bits per heavy atom. The van der Waals surface area contributed by atoms with Crippen LogP contribution in [-0.2, 0) is 19.6 Å². The molecule has 0 atom stereocenters. The molecule has 0 aliphatic carbocycles. The van der Waals surface area contributed by atoms with E-state index in [-0.39, 0.29) is 21.5 Å². The average Bonchev–Trinajstić information content (AvgIpc) is 2.57. The van der Waals surface area contributed by atoms with Crippen LogP contribution < -0.4 is 10.0 Å². The Labute approximate surface area is 146 Å². The minimum Gasteiger partial charge on any atom is -0.452 e. The first kappa shape index (κ1) is 20.4. The Bertz CT molecular complexity index is 702. The summed E-state index contributed by atoms with van der Waals surface area (Å²) in [6, 6.07) is 3.75. The van der Waals surface area contributed by atoms with E-state index in [2.05, 4.69) is 10.0 Å². The van der Waals surface area contributed by atoms with E-state index in [4.69, 9.17) is 16.3 Å². The Hall–Kier alpha value is -1.64. The molecule has 1 aromatic rings. The normalized spacial score (nSPS) is 11.4. The van der Waals surface area contributed by atoms with Gasteiger partial charge in [-0.25, -0.2) is 17.9 Å². The van der Waals surface area contributed by atoms with E-state index in [0.29, 0.717) is 0 Å². The van der Waals surface area contributed by atoms with Crippen molar-refractivity contribution in [1.29, 1.82) is 0 Å². The first-order chi connectivity index (χ1) is 11.2. The predicted molar refractivity (Wildman–Crippen MR) is 90.5 cm³/mol. The molecule has 0 saturated carbocycles. The molecule has 0 radical (unpaired) electrons. The number of halogens is 1. The van der Waals surface area contributed by atoms with Gasteiger partial charge in [-0.15, -0.1) is 0 Å². The molecule has 0 bridgehead atoms. The number of rotatable bonds is 8. The third kappa shape index (κ3) is 5.47. The number of amides is 1. The van der Waals surface area contributed by atoms with E-state index < -0.39 is 28.5 Å². The van der Waals surface area contributed by atoms with E-state index in [1.54, 1.807) is 0 Å². The highest BCUT2D eigenvalue weighted by Crippen LogP contribution is 2.22. The van der Waals surface area contributed by atoms with Crippen molar-refractivity contribution in [3.05, 3.63) is 28.8 Å². The summed E-state index contributed by atoms with van der Waals surface area (Å²) < 4.78 is 30.7. The van der Waals surface area contributed by atoms with Crippen molar-refractivity contribution in [2.75, 3.05) is 13.7 Å². The van der Waals surface area contributed by atoms with Crippen LogP contribution in [0.3, 0.4) is 0 Å². The first-order valence-corrected chi connectivity index (χ1v) is 9.30. The lowest BCUT2D eigenvalue weighted by Crippen LogP contribution is -2.36. The summed E-state index contributed by atoms with van der Waals surface area (Å²) in [4.78, 5) is 23.5. The molecule has 0 aliphatic heterocycles. The number of carbonyl (C=O) groups is 2. The second-order valence-electron chi connectivity index (χ2n) is 5.01. The lowest BCUT2D eigenvalue weighted by Gasteiger charge is -2.14. The molecule has 2 N–H and O–H groups in total. The monoisotopic (exact) mass is 376 g/mol. The zero-order valence-corrected chi connectivity index (χ0v) is 15.3. The van der Waals surface area contributed by atoms with Gasteiger partial charge in [0, 0.05) is 6.04 Å². The number of nitrogens with one attached hydrogen (secondary N) is 2. The fourth-order valence-corrected chi connectivity index (χ4v) is 3.17. The standard InChI is InChI=1S/C15H21ClN2O5S/c1-4-11(5-2)18-14(19)9-23-15(20)10-6-7-12(16)13(8-10)24(21,22)17-3/h6-8,11,17H,4-5,9H2,1-3H3,(H,18,19). The summed E-state index contributed by atoms with van der Waals surface area (Å²) in [5.74, 6) is -1.21. The molecule has 24 heavy (non-hydrogen) atoms. The highest BCUT2D eigenvalue weighted by Gasteiger charge is 2.19. The van der Waals surface area contributed by atoms with Gasteiger partial charge in [0.05, 0.1) is 10.6 Å². The fraction of sp³-hybridized carbons (Fsp3) is 0.467. The summed E-state index contributed by atoms with van der Waals surface area (Å²) in [5, 5.41) is 2.71. The first-order valence-electron chi connectivity index (χ1n) is 7.44. The third-order valence-electron chi connectivity index (χ3n) is 3.41. The average molecular weight is 377 g/mol. The topological polar surface area (TPSA) is 102 Å². The van der Waals surface area contributed by atoms with E-state index in [1.165, 1.54) is 19.2 Å². The SMILES string of the molecule is CCC(CC)NC(=O)COC(=O)c1ccc(Cl)c(S(=O)(=O)NC)c1. The van der Waals surface area contributed by atoms with Crippen molar-refractivity contribution >= 4 is 33.5 Å². The molecule has 0 fully saturated rings. The molecule has 1 amide bonds. The number of carbonyl (C=O) groups excluding carboxylic acids is 2. The van der Waals surface area contributed by atoms with Gasteiger partial charge in [-0.2, -0.15) is 0 Å². The van der Waals surface area contributed by atoms with Crippen LogP contribution in [0, 0.1) is 0 Å². The molecule has 0 heterocycles. The van der Waals surface area contributed by atoms with Gasteiger partial charge in [0.1, 0.15) is 4.90 Å². The van der Waals surface area contributed by atoms with Crippen LogP contribution in [0.25, 0.3) is 0 Å². The fourth-order valence-electron chi connectivity index (χ4n) is 1.92. The maximum absolute atomic E-state index is 12.0. The molecule has 0 aliphatic rings. The summed E-state index contributed by atoms with van der Waals surface area (Å²) in [5.41, 5.74) is -0.0106. The second kappa shape index (κ2) is 9.00. The molecular weight excluding hydrogens is 356 g/mol. The number of hydrogen-bond donors (Lipinski definition) is 2. The van der Waals surface area contributed by atoms with Crippen LogP contribution in [0.4, 0.5) is 0 Å².